The zero-order chi connectivity index (χ0) is 15.1. The molecule has 2 aromatic rings. The van der Waals surface area contributed by atoms with Crippen molar-refractivity contribution >= 4 is 11.4 Å². The lowest BCUT2D eigenvalue weighted by Gasteiger charge is -1.94. The van der Waals surface area contributed by atoms with Gasteiger partial charge in [0.25, 0.3) is 0 Å². The Morgan fingerprint density at radius 3 is 1.85 bits per heavy atom. The number of benzene rings is 2. The molecule has 0 bridgehead atoms. The van der Waals surface area contributed by atoms with E-state index in [0.29, 0.717) is 5.75 Å². The third-order valence-electron chi connectivity index (χ3n) is 2.10. The molecule has 2 aromatic carbocycles. The van der Waals surface area contributed by atoms with E-state index < -0.39 is 27.0 Å². The maximum absolute atomic E-state index is 12.7. The Hall–Kier alpha value is -3.03. The SMILES string of the molecule is O=[N+]([O-])c1cccc(F)c1[N+](=O)[O-].Oc1ccccc1. The number of phenols is 1. The van der Waals surface area contributed by atoms with E-state index in [2.05, 4.69) is 0 Å². The van der Waals surface area contributed by atoms with E-state index in [-0.39, 0.29) is 0 Å². The predicted octanol–water partition coefficient (Wildman–Crippen LogP) is 3.03. The average molecular weight is 280 g/mol. The molecule has 0 fully saturated rings. The van der Waals surface area contributed by atoms with E-state index in [4.69, 9.17) is 5.11 Å². The molecule has 8 heteroatoms. The first-order chi connectivity index (χ1) is 9.43. The Balaban J connectivity index is 0.000000240. The molecule has 0 atom stereocenters. The minimum atomic E-state index is -1.21. The van der Waals surface area contributed by atoms with Gasteiger partial charge in [0.05, 0.1) is 9.85 Å². The molecule has 0 aliphatic rings. The van der Waals surface area contributed by atoms with Crippen LogP contribution >= 0.6 is 0 Å². The highest BCUT2D eigenvalue weighted by atomic mass is 19.1. The Kier molecular flexibility index (Phi) is 5.10. The van der Waals surface area contributed by atoms with E-state index in [1.165, 1.54) is 0 Å². The van der Waals surface area contributed by atoms with Crippen molar-refractivity contribution < 1.29 is 19.3 Å². The van der Waals surface area contributed by atoms with Gasteiger partial charge < -0.3 is 5.11 Å². The molecule has 0 aliphatic heterocycles. The Morgan fingerprint density at radius 1 is 0.900 bits per heavy atom. The molecule has 0 amide bonds. The average Bonchev–Trinajstić information content (AvgIpc) is 2.39. The topological polar surface area (TPSA) is 107 Å². The van der Waals surface area contributed by atoms with Crippen LogP contribution in [0.2, 0.25) is 0 Å². The zero-order valence-electron chi connectivity index (χ0n) is 9.97. The van der Waals surface area contributed by atoms with Crippen LogP contribution in [0.4, 0.5) is 15.8 Å². The number of hydrogen-bond acceptors (Lipinski definition) is 5. The van der Waals surface area contributed by atoms with Crippen LogP contribution in [-0.2, 0) is 0 Å². The smallest absolute Gasteiger partial charge is 0.381 e. The number of halogens is 1. The number of hydrogen-bond donors (Lipinski definition) is 1. The van der Waals surface area contributed by atoms with Crippen LogP contribution in [0.1, 0.15) is 0 Å². The molecule has 0 saturated carbocycles. The third kappa shape index (κ3) is 4.02. The van der Waals surface area contributed by atoms with Crippen LogP contribution in [0, 0.1) is 26.0 Å². The van der Waals surface area contributed by atoms with E-state index in [0.717, 1.165) is 18.2 Å². The van der Waals surface area contributed by atoms with Gasteiger partial charge in [-0.05, 0) is 18.2 Å². The molecule has 1 N–H and O–H groups in total. The fourth-order valence-corrected chi connectivity index (χ4v) is 1.26. The first-order valence-electron chi connectivity index (χ1n) is 5.24. The quantitative estimate of drug-likeness (QED) is 0.672. The molecule has 104 valence electrons. The van der Waals surface area contributed by atoms with Crippen molar-refractivity contribution in [3.8, 4) is 5.75 Å². The van der Waals surface area contributed by atoms with Gasteiger partial charge >= 0.3 is 11.4 Å². The van der Waals surface area contributed by atoms with Gasteiger partial charge in [0.2, 0.25) is 5.82 Å². The van der Waals surface area contributed by atoms with Gasteiger partial charge in [0.15, 0.2) is 0 Å². The number of nitrogens with zero attached hydrogens (tertiary/aromatic N) is 2. The molecular weight excluding hydrogens is 271 g/mol. The molecule has 20 heavy (non-hydrogen) atoms. The molecule has 0 aromatic heterocycles. The summed E-state index contributed by atoms with van der Waals surface area (Å²) in [6.45, 7) is 0. The molecule has 0 saturated heterocycles. The maximum Gasteiger partial charge on any atom is 0.381 e. The summed E-state index contributed by atoms with van der Waals surface area (Å²) in [4.78, 5) is 18.3. The molecule has 0 unspecified atom stereocenters. The largest absolute Gasteiger partial charge is 0.508 e. The van der Waals surface area contributed by atoms with E-state index >= 15 is 0 Å². The van der Waals surface area contributed by atoms with Crippen molar-refractivity contribution in [2.75, 3.05) is 0 Å². The van der Waals surface area contributed by atoms with Crippen LogP contribution < -0.4 is 0 Å². The number of para-hydroxylation sites is 2. The monoisotopic (exact) mass is 280 g/mol. The second kappa shape index (κ2) is 6.78. The number of phenolic OH excluding ortho intramolecular Hbond substituents is 1. The molecule has 0 heterocycles. The highest BCUT2D eigenvalue weighted by Crippen LogP contribution is 2.28. The predicted molar refractivity (Wildman–Crippen MR) is 67.8 cm³/mol. The van der Waals surface area contributed by atoms with Gasteiger partial charge in [-0.2, -0.15) is 4.39 Å². The summed E-state index contributed by atoms with van der Waals surface area (Å²) in [5.74, 6) is -0.887. The van der Waals surface area contributed by atoms with Crippen molar-refractivity contribution in [3.63, 3.8) is 0 Å². The van der Waals surface area contributed by atoms with Crippen molar-refractivity contribution in [3.05, 3.63) is 74.6 Å². The van der Waals surface area contributed by atoms with Gasteiger partial charge in [-0.15, -0.1) is 0 Å². The first kappa shape index (κ1) is 15.0. The summed E-state index contributed by atoms with van der Waals surface area (Å²) in [5.41, 5.74) is -1.95. The summed E-state index contributed by atoms with van der Waals surface area (Å²) in [6.07, 6.45) is 0. The first-order valence-corrected chi connectivity index (χ1v) is 5.24. The zero-order valence-corrected chi connectivity index (χ0v) is 9.97. The van der Waals surface area contributed by atoms with Gasteiger partial charge in [-0.1, -0.05) is 24.3 Å². The number of rotatable bonds is 2. The summed E-state index contributed by atoms with van der Waals surface area (Å²) in [7, 11) is 0. The van der Waals surface area contributed by atoms with Crippen LogP contribution in [-0.4, -0.2) is 15.0 Å². The highest BCUT2D eigenvalue weighted by Gasteiger charge is 2.28. The van der Waals surface area contributed by atoms with E-state index in [9.17, 15) is 24.6 Å². The van der Waals surface area contributed by atoms with Crippen LogP contribution in [0.5, 0.6) is 5.75 Å². The summed E-state index contributed by atoms with van der Waals surface area (Å²) in [5, 5.41) is 29.1. The van der Waals surface area contributed by atoms with Crippen molar-refractivity contribution in [1.82, 2.24) is 0 Å². The normalized spacial score (nSPS) is 9.25. The fraction of sp³-hybridized carbons (Fsp3) is 0. The molecular formula is C12H9FN2O5. The van der Waals surface area contributed by atoms with Gasteiger partial charge in [-0.3, -0.25) is 20.2 Å². The maximum atomic E-state index is 12.7. The van der Waals surface area contributed by atoms with E-state index in [1.807, 2.05) is 6.07 Å². The fourth-order valence-electron chi connectivity index (χ4n) is 1.26. The molecule has 2 rings (SSSR count). The van der Waals surface area contributed by atoms with Crippen LogP contribution in [0.3, 0.4) is 0 Å². The summed E-state index contributed by atoms with van der Waals surface area (Å²) < 4.78 is 12.7. The summed E-state index contributed by atoms with van der Waals surface area (Å²) in [6, 6.07) is 11.4. The number of aromatic hydroxyl groups is 1. The van der Waals surface area contributed by atoms with Gasteiger partial charge in [0, 0.05) is 6.07 Å². The highest BCUT2D eigenvalue weighted by molar-refractivity contribution is 5.52. The van der Waals surface area contributed by atoms with Gasteiger partial charge in [0.1, 0.15) is 5.75 Å². The molecule has 0 aliphatic carbocycles. The Morgan fingerprint density at radius 2 is 1.50 bits per heavy atom. The lowest BCUT2D eigenvalue weighted by molar-refractivity contribution is -0.424. The lowest BCUT2D eigenvalue weighted by atomic mass is 10.2. The van der Waals surface area contributed by atoms with E-state index in [1.54, 1.807) is 24.3 Å². The minimum Gasteiger partial charge on any atom is -0.508 e. The Bertz CT molecular complexity index is 618. The van der Waals surface area contributed by atoms with Crippen LogP contribution in [0.25, 0.3) is 0 Å². The Labute approximate surface area is 112 Å². The van der Waals surface area contributed by atoms with Crippen LogP contribution in [0.15, 0.2) is 48.5 Å². The lowest BCUT2D eigenvalue weighted by Crippen LogP contribution is -1.98. The standard InChI is InChI=1S/C6H3FN2O4.C6H6O/c7-4-2-1-3-5(8(10)11)6(4)9(12)13;7-6-4-2-1-3-5-6/h1-3H;1-5,7H. The molecule has 0 spiro atoms. The second-order valence-corrected chi connectivity index (χ2v) is 3.46. The van der Waals surface area contributed by atoms with Gasteiger partial charge in [-0.25, -0.2) is 0 Å². The molecule has 0 radical (unpaired) electrons. The van der Waals surface area contributed by atoms with Crippen molar-refractivity contribution in [1.29, 1.82) is 0 Å². The second-order valence-electron chi connectivity index (χ2n) is 3.46. The molecule has 7 nitrogen and oxygen atoms in total. The number of nitro groups is 2. The minimum absolute atomic E-state index is 0.322. The van der Waals surface area contributed by atoms with Crippen molar-refractivity contribution in [2.24, 2.45) is 0 Å². The number of nitro benzene ring substituents is 2. The third-order valence-corrected chi connectivity index (χ3v) is 2.10. The summed E-state index contributed by atoms with van der Waals surface area (Å²) >= 11 is 0. The van der Waals surface area contributed by atoms with Crippen molar-refractivity contribution in [2.45, 2.75) is 0 Å².